The highest BCUT2D eigenvalue weighted by atomic mass is 32.2. The molecule has 0 bridgehead atoms. The fourth-order valence-corrected chi connectivity index (χ4v) is 6.95. The van der Waals surface area contributed by atoms with Crippen LogP contribution in [0.15, 0.2) is 32.9 Å². The predicted octanol–water partition coefficient (Wildman–Crippen LogP) is 5.59. The van der Waals surface area contributed by atoms with E-state index in [-0.39, 0.29) is 17.6 Å². The van der Waals surface area contributed by atoms with E-state index < -0.39 is 0 Å². The van der Waals surface area contributed by atoms with Gasteiger partial charge in [-0.2, -0.15) is 11.8 Å². The Balaban J connectivity index is 1.53. The van der Waals surface area contributed by atoms with Crippen molar-refractivity contribution >= 4 is 62.8 Å². The van der Waals surface area contributed by atoms with Crippen LogP contribution in [0.25, 0.3) is 11.0 Å². The number of nitrogens with one attached hydrogen (secondary N) is 1. The molecule has 4 rings (SSSR count). The minimum Gasteiger partial charge on any atom is -0.451 e. The molecule has 0 spiro atoms. The second-order valence-corrected chi connectivity index (χ2v) is 11.1. The number of carbonyl (C=O) groups excluding carboxylic acids is 2. The van der Waals surface area contributed by atoms with Gasteiger partial charge >= 0.3 is 0 Å². The van der Waals surface area contributed by atoms with Gasteiger partial charge in [0.2, 0.25) is 5.91 Å². The van der Waals surface area contributed by atoms with Crippen molar-refractivity contribution in [1.82, 2.24) is 4.98 Å². The molecule has 1 aromatic carbocycles. The van der Waals surface area contributed by atoms with Crippen LogP contribution in [0.2, 0.25) is 0 Å². The Morgan fingerprint density at radius 2 is 2.03 bits per heavy atom. The number of benzene rings is 1. The average Bonchev–Trinajstić information content (AvgIpc) is 3.31. The van der Waals surface area contributed by atoms with E-state index in [1.165, 1.54) is 55.2 Å². The fourth-order valence-electron chi connectivity index (χ4n) is 3.72. The molecule has 6 nitrogen and oxygen atoms in total. The molecule has 2 heterocycles. The summed E-state index contributed by atoms with van der Waals surface area (Å²) in [5, 5.41) is 5.00. The van der Waals surface area contributed by atoms with Gasteiger partial charge in [0.15, 0.2) is 10.9 Å². The highest BCUT2D eigenvalue weighted by Crippen LogP contribution is 2.36. The molecule has 3 aromatic rings. The Morgan fingerprint density at radius 3 is 2.81 bits per heavy atom. The van der Waals surface area contributed by atoms with Crippen molar-refractivity contribution in [3.8, 4) is 0 Å². The van der Waals surface area contributed by atoms with E-state index >= 15 is 0 Å². The molecule has 164 valence electrons. The first-order valence-electron chi connectivity index (χ1n) is 10.3. The summed E-state index contributed by atoms with van der Waals surface area (Å²) in [6, 6.07) is 7.80. The lowest BCUT2D eigenvalue weighted by molar-refractivity contribution is -0.115. The zero-order valence-corrected chi connectivity index (χ0v) is 19.8. The normalized spacial score (nSPS) is 14.7. The topological polar surface area (TPSA) is 98.2 Å². The van der Waals surface area contributed by atoms with Crippen molar-refractivity contribution < 1.29 is 14.0 Å². The van der Waals surface area contributed by atoms with Crippen LogP contribution in [0.5, 0.6) is 0 Å². The molecular formula is C22H25N3O3S3. The summed E-state index contributed by atoms with van der Waals surface area (Å²) in [5.74, 6) is 0.606. The molecule has 3 N–H and O–H groups in total. The highest BCUT2D eigenvalue weighted by Gasteiger charge is 2.23. The number of aryl methyl sites for hydroxylation is 1. The second-order valence-electron chi connectivity index (χ2n) is 7.58. The lowest BCUT2D eigenvalue weighted by Gasteiger charge is -2.20. The first-order valence-corrected chi connectivity index (χ1v) is 13.2. The van der Waals surface area contributed by atoms with Gasteiger partial charge in [-0.15, -0.1) is 11.8 Å². The molecule has 2 aromatic heterocycles. The maximum atomic E-state index is 13.1. The zero-order valence-electron chi connectivity index (χ0n) is 17.3. The Morgan fingerprint density at radius 1 is 1.26 bits per heavy atom. The number of rotatable bonds is 8. The van der Waals surface area contributed by atoms with Crippen molar-refractivity contribution in [2.75, 3.05) is 11.1 Å². The fraction of sp³-hybridized carbons (Fsp3) is 0.409. The third kappa shape index (κ3) is 5.45. The van der Waals surface area contributed by atoms with Gasteiger partial charge in [-0.25, -0.2) is 4.98 Å². The van der Waals surface area contributed by atoms with Crippen LogP contribution in [-0.2, 0) is 10.5 Å². The number of para-hydroxylation sites is 1. The Bertz CT molecular complexity index is 1090. The number of nitrogens with zero attached hydrogens (tertiary/aromatic N) is 1. The van der Waals surface area contributed by atoms with E-state index in [2.05, 4.69) is 10.3 Å². The molecule has 9 heteroatoms. The SMILES string of the molecule is Cc1nc(NC(=O)c2oc3ccccc3c2CSC2CCCCC2)sc1SCC(N)=O. The van der Waals surface area contributed by atoms with Crippen LogP contribution >= 0.6 is 34.9 Å². The van der Waals surface area contributed by atoms with Crippen molar-refractivity contribution in [3.05, 3.63) is 41.3 Å². The highest BCUT2D eigenvalue weighted by molar-refractivity contribution is 8.01. The molecule has 0 atom stereocenters. The Labute approximate surface area is 193 Å². The molecule has 31 heavy (non-hydrogen) atoms. The van der Waals surface area contributed by atoms with Crippen LogP contribution < -0.4 is 11.1 Å². The number of anilines is 1. The molecule has 1 aliphatic rings. The van der Waals surface area contributed by atoms with E-state index in [4.69, 9.17) is 10.2 Å². The minimum atomic E-state index is -0.384. The van der Waals surface area contributed by atoms with Gasteiger partial charge in [-0.1, -0.05) is 48.8 Å². The van der Waals surface area contributed by atoms with E-state index in [1.807, 2.05) is 43.0 Å². The number of primary amides is 1. The first kappa shape index (κ1) is 22.2. The largest absolute Gasteiger partial charge is 0.451 e. The second kappa shape index (κ2) is 10.1. The number of fused-ring (bicyclic) bond motifs is 1. The van der Waals surface area contributed by atoms with Crippen LogP contribution in [-0.4, -0.2) is 27.8 Å². The molecule has 1 aliphatic carbocycles. The number of amides is 2. The monoisotopic (exact) mass is 475 g/mol. The molecule has 0 saturated heterocycles. The van der Waals surface area contributed by atoms with Crippen LogP contribution in [0.1, 0.15) is 53.9 Å². The average molecular weight is 476 g/mol. The van der Waals surface area contributed by atoms with E-state index in [0.717, 1.165) is 32.2 Å². The summed E-state index contributed by atoms with van der Waals surface area (Å²) >= 11 is 4.60. The summed E-state index contributed by atoms with van der Waals surface area (Å²) in [5.41, 5.74) is 7.66. The van der Waals surface area contributed by atoms with Gasteiger partial charge in [0.25, 0.3) is 5.91 Å². The number of carbonyl (C=O) groups is 2. The van der Waals surface area contributed by atoms with Gasteiger partial charge in [-0.3, -0.25) is 14.9 Å². The van der Waals surface area contributed by atoms with Crippen LogP contribution in [0.4, 0.5) is 5.13 Å². The summed E-state index contributed by atoms with van der Waals surface area (Å²) in [7, 11) is 0. The molecule has 0 radical (unpaired) electrons. The number of aromatic nitrogens is 1. The van der Waals surface area contributed by atoms with Gasteiger partial charge in [0, 0.05) is 22.0 Å². The van der Waals surface area contributed by atoms with Crippen molar-refractivity contribution in [2.24, 2.45) is 5.73 Å². The third-order valence-corrected chi connectivity index (χ3v) is 9.10. The first-order chi connectivity index (χ1) is 15.0. The summed E-state index contributed by atoms with van der Waals surface area (Å²) in [6.45, 7) is 1.85. The number of hydrogen-bond acceptors (Lipinski definition) is 7. The van der Waals surface area contributed by atoms with E-state index in [9.17, 15) is 9.59 Å². The zero-order chi connectivity index (χ0) is 21.8. The quantitative estimate of drug-likeness (QED) is 0.412. The molecule has 1 saturated carbocycles. The summed E-state index contributed by atoms with van der Waals surface area (Å²) < 4.78 is 6.84. The number of hydrogen-bond donors (Lipinski definition) is 2. The van der Waals surface area contributed by atoms with Crippen molar-refractivity contribution in [1.29, 1.82) is 0 Å². The Hall–Kier alpha value is -1.97. The van der Waals surface area contributed by atoms with Gasteiger partial charge < -0.3 is 10.2 Å². The number of furan rings is 1. The number of thiazole rings is 1. The van der Waals surface area contributed by atoms with Crippen LogP contribution in [0.3, 0.4) is 0 Å². The molecule has 1 fully saturated rings. The number of nitrogens with two attached hydrogens (primary N) is 1. The molecule has 0 unspecified atom stereocenters. The van der Waals surface area contributed by atoms with E-state index in [0.29, 0.717) is 16.1 Å². The maximum Gasteiger partial charge on any atom is 0.293 e. The van der Waals surface area contributed by atoms with Crippen molar-refractivity contribution in [3.63, 3.8) is 0 Å². The standard InChI is InChI=1S/C22H25N3O3S3/c1-13-21(30-12-18(23)26)31-22(24-13)25-20(27)19-16(11-29-14-7-3-2-4-8-14)15-9-5-6-10-17(15)28-19/h5-6,9-10,14H,2-4,7-8,11-12H2,1H3,(H2,23,26)(H,24,25,27). The summed E-state index contributed by atoms with van der Waals surface area (Å²) in [6.07, 6.45) is 6.39. The minimum absolute atomic E-state index is 0.183. The predicted molar refractivity (Wildman–Crippen MR) is 129 cm³/mol. The summed E-state index contributed by atoms with van der Waals surface area (Å²) in [4.78, 5) is 28.6. The van der Waals surface area contributed by atoms with Gasteiger partial charge in [0.1, 0.15) is 5.58 Å². The van der Waals surface area contributed by atoms with Crippen molar-refractivity contribution in [2.45, 2.75) is 54.2 Å². The van der Waals surface area contributed by atoms with Gasteiger partial charge in [-0.05, 0) is 25.8 Å². The maximum absolute atomic E-state index is 13.1. The lowest BCUT2D eigenvalue weighted by atomic mass is 10.0. The number of thioether (sulfide) groups is 2. The molecule has 2 amide bonds. The molecular weight excluding hydrogens is 450 g/mol. The Kier molecular flexibility index (Phi) is 7.24. The third-order valence-electron chi connectivity index (χ3n) is 5.24. The molecule has 0 aliphatic heterocycles. The van der Waals surface area contributed by atoms with E-state index in [1.54, 1.807) is 0 Å². The van der Waals surface area contributed by atoms with Crippen LogP contribution in [0, 0.1) is 6.92 Å². The smallest absolute Gasteiger partial charge is 0.293 e. The van der Waals surface area contributed by atoms with Gasteiger partial charge in [0.05, 0.1) is 15.7 Å². The lowest BCUT2D eigenvalue weighted by Crippen LogP contribution is -2.13.